The van der Waals surface area contributed by atoms with Crippen molar-refractivity contribution >= 4 is 15.9 Å². The zero-order valence-corrected chi connectivity index (χ0v) is 13.6. The largest absolute Gasteiger partial charge is 0.493 e. The smallest absolute Gasteiger partial charge is 0.266 e. The molecule has 0 radical (unpaired) electrons. The molecule has 0 saturated heterocycles. The molecule has 5 nitrogen and oxygen atoms in total. The molecule has 1 aliphatic rings. The summed E-state index contributed by atoms with van der Waals surface area (Å²) in [7, 11) is -4.22. The molecular formula is C17H16FNO4S. The van der Waals surface area contributed by atoms with Crippen LogP contribution in [0.3, 0.4) is 0 Å². The topological polar surface area (TPSA) is 72.5 Å². The van der Waals surface area contributed by atoms with Crippen molar-refractivity contribution in [2.75, 3.05) is 6.61 Å². The molecule has 126 valence electrons. The van der Waals surface area contributed by atoms with Crippen molar-refractivity contribution in [2.45, 2.75) is 23.7 Å². The van der Waals surface area contributed by atoms with Crippen LogP contribution in [0, 0.1) is 5.82 Å². The zero-order valence-electron chi connectivity index (χ0n) is 12.7. The first kappa shape index (κ1) is 16.4. The van der Waals surface area contributed by atoms with Crippen molar-refractivity contribution in [3.05, 3.63) is 59.9 Å². The molecule has 0 aliphatic carbocycles. The highest BCUT2D eigenvalue weighted by atomic mass is 32.2. The van der Waals surface area contributed by atoms with E-state index in [4.69, 9.17) is 4.74 Å². The molecule has 24 heavy (non-hydrogen) atoms. The van der Waals surface area contributed by atoms with Gasteiger partial charge in [-0.25, -0.2) is 17.5 Å². The maximum atomic E-state index is 13.6. The molecule has 1 atom stereocenters. The first-order valence-corrected chi connectivity index (χ1v) is 8.97. The maximum Gasteiger partial charge on any atom is 0.266 e. The van der Waals surface area contributed by atoms with Crippen molar-refractivity contribution in [2.24, 2.45) is 0 Å². The third-order valence-electron chi connectivity index (χ3n) is 3.89. The average Bonchev–Trinajstić information content (AvgIpc) is 2.55. The summed E-state index contributed by atoms with van der Waals surface area (Å²) in [4.78, 5) is 11.6. The molecule has 0 bridgehead atoms. The van der Waals surface area contributed by atoms with Gasteiger partial charge in [0, 0.05) is 6.42 Å². The first-order valence-electron chi connectivity index (χ1n) is 7.49. The number of carbonyl (C=O) groups excluding carboxylic acids is 1. The van der Waals surface area contributed by atoms with Gasteiger partial charge in [0.1, 0.15) is 16.5 Å². The zero-order chi connectivity index (χ0) is 17.2. The standard InChI is InChI=1S/C17H16FNO4S/c18-14-6-2-4-8-16(14)24(21,22)19-17(20)11-12-9-10-23-15-7-3-1-5-13(12)15/h1-8,12H,9-11H2,(H,19,20)/t12-/m0/s1. The minimum atomic E-state index is -4.22. The summed E-state index contributed by atoms with van der Waals surface area (Å²) in [6.45, 7) is 0.467. The van der Waals surface area contributed by atoms with Gasteiger partial charge in [0.05, 0.1) is 6.61 Å². The Morgan fingerprint density at radius 2 is 1.88 bits per heavy atom. The van der Waals surface area contributed by atoms with Gasteiger partial charge in [-0.2, -0.15) is 0 Å². The second-order valence-electron chi connectivity index (χ2n) is 5.54. The number of amides is 1. The van der Waals surface area contributed by atoms with Crippen molar-refractivity contribution in [3.8, 4) is 5.75 Å². The fraction of sp³-hybridized carbons (Fsp3) is 0.235. The van der Waals surface area contributed by atoms with E-state index in [2.05, 4.69) is 0 Å². The van der Waals surface area contributed by atoms with E-state index < -0.39 is 26.6 Å². The van der Waals surface area contributed by atoms with Crippen LogP contribution in [0.4, 0.5) is 4.39 Å². The van der Waals surface area contributed by atoms with Gasteiger partial charge >= 0.3 is 0 Å². The van der Waals surface area contributed by atoms with Gasteiger partial charge < -0.3 is 4.74 Å². The number of ether oxygens (including phenoxy) is 1. The second-order valence-corrected chi connectivity index (χ2v) is 7.19. The third-order valence-corrected chi connectivity index (χ3v) is 5.30. The lowest BCUT2D eigenvalue weighted by atomic mass is 9.90. The average molecular weight is 349 g/mol. The number of nitrogens with one attached hydrogen (secondary N) is 1. The van der Waals surface area contributed by atoms with Crippen molar-refractivity contribution in [1.82, 2.24) is 4.72 Å². The van der Waals surface area contributed by atoms with Crippen LogP contribution < -0.4 is 9.46 Å². The van der Waals surface area contributed by atoms with Crippen LogP contribution in [-0.2, 0) is 14.8 Å². The molecule has 0 spiro atoms. The molecular weight excluding hydrogens is 333 g/mol. The van der Waals surface area contributed by atoms with Crippen LogP contribution in [0.5, 0.6) is 5.75 Å². The van der Waals surface area contributed by atoms with Gasteiger partial charge in [-0.15, -0.1) is 0 Å². The Balaban J connectivity index is 1.74. The fourth-order valence-corrected chi connectivity index (χ4v) is 3.84. The van der Waals surface area contributed by atoms with Crippen molar-refractivity contribution in [3.63, 3.8) is 0 Å². The van der Waals surface area contributed by atoms with Gasteiger partial charge in [-0.3, -0.25) is 4.79 Å². The SMILES string of the molecule is O=C(C[C@@H]1CCOc2ccccc21)NS(=O)(=O)c1ccccc1F. The molecule has 0 fully saturated rings. The molecule has 1 aliphatic heterocycles. The summed E-state index contributed by atoms with van der Waals surface area (Å²) in [5, 5.41) is 0. The van der Waals surface area contributed by atoms with E-state index in [0.29, 0.717) is 18.8 Å². The third kappa shape index (κ3) is 3.41. The summed E-state index contributed by atoms with van der Waals surface area (Å²) in [6, 6.07) is 12.3. The Bertz CT molecular complexity index is 866. The summed E-state index contributed by atoms with van der Waals surface area (Å²) in [6.07, 6.45) is 0.609. The Labute approximate surface area is 139 Å². The van der Waals surface area contributed by atoms with E-state index in [1.165, 1.54) is 12.1 Å². The minimum absolute atomic E-state index is 0.00590. The predicted molar refractivity (Wildman–Crippen MR) is 85.6 cm³/mol. The second kappa shape index (κ2) is 6.60. The lowest BCUT2D eigenvalue weighted by Gasteiger charge is -2.25. The highest BCUT2D eigenvalue weighted by Crippen LogP contribution is 2.35. The molecule has 1 heterocycles. The minimum Gasteiger partial charge on any atom is -0.493 e. The summed E-state index contributed by atoms with van der Waals surface area (Å²) >= 11 is 0. The van der Waals surface area contributed by atoms with Gasteiger partial charge in [-0.1, -0.05) is 30.3 Å². The number of fused-ring (bicyclic) bond motifs is 1. The van der Waals surface area contributed by atoms with E-state index in [0.717, 1.165) is 17.7 Å². The fourth-order valence-electron chi connectivity index (χ4n) is 2.76. The molecule has 1 amide bonds. The predicted octanol–water partition coefficient (Wildman–Crippen LogP) is 2.59. The number of hydrogen-bond donors (Lipinski definition) is 1. The van der Waals surface area contributed by atoms with Gasteiger partial charge in [-0.05, 0) is 36.1 Å². The lowest BCUT2D eigenvalue weighted by Crippen LogP contribution is -2.32. The Hall–Kier alpha value is -2.41. The van der Waals surface area contributed by atoms with Gasteiger partial charge in [0.15, 0.2) is 0 Å². The van der Waals surface area contributed by atoms with E-state index >= 15 is 0 Å². The summed E-state index contributed by atoms with van der Waals surface area (Å²) in [5.74, 6) is -0.988. The number of rotatable bonds is 4. The van der Waals surface area contributed by atoms with Crippen LogP contribution >= 0.6 is 0 Å². The molecule has 3 rings (SSSR count). The van der Waals surface area contributed by atoms with Crippen LogP contribution in [-0.4, -0.2) is 20.9 Å². The quantitative estimate of drug-likeness (QED) is 0.921. The lowest BCUT2D eigenvalue weighted by molar-refractivity contribution is -0.119. The van der Waals surface area contributed by atoms with E-state index in [-0.39, 0.29) is 12.3 Å². The number of para-hydroxylation sites is 1. The normalized spacial score (nSPS) is 16.8. The Morgan fingerprint density at radius 3 is 2.67 bits per heavy atom. The van der Waals surface area contributed by atoms with E-state index in [9.17, 15) is 17.6 Å². The molecule has 0 saturated carbocycles. The van der Waals surface area contributed by atoms with Gasteiger partial charge in [0.2, 0.25) is 5.91 Å². The molecule has 2 aromatic carbocycles. The summed E-state index contributed by atoms with van der Waals surface area (Å²) in [5.41, 5.74) is 0.877. The van der Waals surface area contributed by atoms with Crippen LogP contribution in [0.25, 0.3) is 0 Å². The first-order chi connectivity index (χ1) is 11.5. The van der Waals surface area contributed by atoms with Crippen molar-refractivity contribution < 1.29 is 22.3 Å². The Morgan fingerprint density at radius 1 is 1.17 bits per heavy atom. The van der Waals surface area contributed by atoms with Crippen LogP contribution in [0.1, 0.15) is 24.3 Å². The monoisotopic (exact) mass is 349 g/mol. The molecule has 0 unspecified atom stereocenters. The molecule has 0 aromatic heterocycles. The molecule has 2 aromatic rings. The maximum absolute atomic E-state index is 13.6. The van der Waals surface area contributed by atoms with Crippen LogP contribution in [0.2, 0.25) is 0 Å². The molecule has 1 N–H and O–H groups in total. The number of hydrogen-bond acceptors (Lipinski definition) is 4. The number of sulfonamides is 1. The Kier molecular flexibility index (Phi) is 4.53. The van der Waals surface area contributed by atoms with Crippen molar-refractivity contribution in [1.29, 1.82) is 0 Å². The van der Waals surface area contributed by atoms with Gasteiger partial charge in [0.25, 0.3) is 10.0 Å². The summed E-state index contributed by atoms with van der Waals surface area (Å²) < 4.78 is 45.4. The number of benzene rings is 2. The van der Waals surface area contributed by atoms with Crippen LogP contribution in [0.15, 0.2) is 53.4 Å². The highest BCUT2D eigenvalue weighted by molar-refractivity contribution is 7.90. The van der Waals surface area contributed by atoms with E-state index in [1.807, 2.05) is 29.0 Å². The number of carbonyl (C=O) groups is 1. The van der Waals surface area contributed by atoms with E-state index in [1.54, 1.807) is 0 Å². The molecule has 7 heteroatoms. The highest BCUT2D eigenvalue weighted by Gasteiger charge is 2.26. The number of halogens is 1.